The number of hydrogen-bond acceptors (Lipinski definition) is 4. The van der Waals surface area contributed by atoms with E-state index in [1.54, 1.807) is 36.4 Å². The minimum atomic E-state index is -0.566. The van der Waals surface area contributed by atoms with Crippen molar-refractivity contribution in [3.8, 4) is 5.75 Å². The second-order valence-corrected chi connectivity index (χ2v) is 7.78. The molecule has 2 aliphatic rings. The summed E-state index contributed by atoms with van der Waals surface area (Å²) in [5, 5.41) is 5.86. The summed E-state index contributed by atoms with van der Waals surface area (Å²) in [5.41, 5.74) is 1.44. The van der Waals surface area contributed by atoms with Crippen LogP contribution in [0, 0.1) is 0 Å². The number of nitrogens with zero attached hydrogens (tertiary/aromatic N) is 2. The van der Waals surface area contributed by atoms with E-state index in [0.29, 0.717) is 24.3 Å². The summed E-state index contributed by atoms with van der Waals surface area (Å²) >= 11 is 0. The first-order valence-corrected chi connectivity index (χ1v) is 10.1. The van der Waals surface area contributed by atoms with Gasteiger partial charge in [0, 0.05) is 24.3 Å². The maximum Gasteiger partial charge on any atom is 0.340 e. The molecule has 0 aromatic heterocycles. The number of ketones is 1. The fourth-order valence-electron chi connectivity index (χ4n) is 3.95. The lowest BCUT2D eigenvalue weighted by molar-refractivity contribution is -0.142. The molecule has 1 saturated heterocycles. The van der Waals surface area contributed by atoms with Crippen molar-refractivity contribution in [1.82, 2.24) is 10.0 Å². The molecule has 1 aliphatic heterocycles. The predicted octanol–water partition coefficient (Wildman–Crippen LogP) is 3.61. The van der Waals surface area contributed by atoms with Gasteiger partial charge in [0.15, 0.2) is 5.78 Å². The molecule has 4 rings (SSSR count). The summed E-state index contributed by atoms with van der Waals surface area (Å²) in [6.45, 7) is 2.47. The van der Waals surface area contributed by atoms with E-state index >= 15 is 0 Å². The molecule has 0 unspecified atom stereocenters. The highest BCUT2D eigenvalue weighted by Gasteiger charge is 2.55. The van der Waals surface area contributed by atoms with E-state index in [2.05, 4.69) is 5.32 Å². The zero-order valence-corrected chi connectivity index (χ0v) is 17.2. The zero-order chi connectivity index (χ0) is 21.3. The Morgan fingerprint density at radius 1 is 1.00 bits per heavy atom. The summed E-state index contributed by atoms with van der Waals surface area (Å²) in [7, 11) is 1.61. The molecule has 30 heavy (non-hydrogen) atoms. The number of nitrogens with one attached hydrogen (secondary N) is 1. The van der Waals surface area contributed by atoms with Gasteiger partial charge in [-0.2, -0.15) is 0 Å². The minimum absolute atomic E-state index is 0.0437. The van der Waals surface area contributed by atoms with Crippen LogP contribution in [0.4, 0.5) is 10.5 Å². The number of ether oxygens (including phenoxy) is 1. The average Bonchev–Trinajstić information content (AvgIpc) is 3.42. The number of carbonyl (C=O) groups is 3. The number of rotatable bonds is 5. The summed E-state index contributed by atoms with van der Waals surface area (Å²) in [6, 6.07) is 14.0. The van der Waals surface area contributed by atoms with Crippen LogP contribution in [0.1, 0.15) is 42.1 Å². The lowest BCUT2D eigenvalue weighted by atomic mass is 9.94. The van der Waals surface area contributed by atoms with Gasteiger partial charge in [-0.1, -0.05) is 24.3 Å². The van der Waals surface area contributed by atoms with Crippen molar-refractivity contribution in [2.24, 2.45) is 0 Å². The first-order chi connectivity index (χ1) is 14.4. The van der Waals surface area contributed by atoms with Crippen LogP contribution in [0.25, 0.3) is 0 Å². The molecule has 0 bridgehead atoms. The second kappa shape index (κ2) is 7.82. The average molecular weight is 407 g/mol. The minimum Gasteiger partial charge on any atom is -0.497 e. The first kappa shape index (κ1) is 19.9. The number of urea groups is 1. The van der Waals surface area contributed by atoms with Crippen molar-refractivity contribution in [1.29, 1.82) is 0 Å². The van der Waals surface area contributed by atoms with Crippen molar-refractivity contribution in [3.63, 3.8) is 0 Å². The fraction of sp³-hybridized carbons (Fsp3) is 0.348. The third-order valence-electron chi connectivity index (χ3n) is 5.82. The Labute approximate surface area is 175 Å². The van der Waals surface area contributed by atoms with Gasteiger partial charge in [-0.25, -0.2) is 14.8 Å². The van der Waals surface area contributed by atoms with Gasteiger partial charge in [0.05, 0.1) is 12.5 Å². The van der Waals surface area contributed by atoms with Gasteiger partial charge >= 0.3 is 6.03 Å². The van der Waals surface area contributed by atoms with E-state index in [9.17, 15) is 14.4 Å². The molecule has 1 saturated carbocycles. The van der Waals surface area contributed by atoms with E-state index in [4.69, 9.17) is 4.74 Å². The number of Topliss-reactive ketones (excluding diaryl/α,β-unsaturated/α-hetero) is 1. The number of hydrazine groups is 1. The van der Waals surface area contributed by atoms with Crippen LogP contribution in [-0.4, -0.2) is 47.9 Å². The first-order valence-electron chi connectivity index (χ1n) is 10.1. The van der Waals surface area contributed by atoms with Crippen LogP contribution < -0.4 is 10.1 Å². The third kappa shape index (κ3) is 3.63. The van der Waals surface area contributed by atoms with Crippen LogP contribution in [0.15, 0.2) is 48.5 Å². The normalized spacial score (nSPS) is 16.9. The van der Waals surface area contributed by atoms with E-state index in [1.807, 2.05) is 24.3 Å². The molecule has 0 atom stereocenters. The van der Waals surface area contributed by atoms with Gasteiger partial charge in [-0.05, 0) is 56.0 Å². The summed E-state index contributed by atoms with van der Waals surface area (Å²) in [6.07, 6.45) is 2.26. The Balaban J connectivity index is 1.50. The molecular weight excluding hydrogens is 382 g/mol. The Bertz CT molecular complexity index is 982. The lowest BCUT2D eigenvalue weighted by Gasteiger charge is -2.31. The van der Waals surface area contributed by atoms with E-state index in [-0.39, 0.29) is 17.7 Å². The molecular formula is C23H25N3O4. The van der Waals surface area contributed by atoms with Crippen LogP contribution in [0.2, 0.25) is 0 Å². The Hall–Kier alpha value is -3.35. The molecule has 2 fully saturated rings. The predicted molar refractivity (Wildman–Crippen MR) is 112 cm³/mol. The standard InChI is InChI=1S/C23H25N3O4/c1-16(27)17-5-3-6-19(15-17)24-22(29)26-14-4-13-25(26)21(28)23(11-12-23)18-7-9-20(30-2)10-8-18/h3,5-10,15H,4,11-14H2,1-2H3,(H,24,29). The van der Waals surface area contributed by atoms with Crippen molar-refractivity contribution < 1.29 is 19.1 Å². The fourth-order valence-corrected chi connectivity index (χ4v) is 3.95. The number of anilines is 1. The van der Waals surface area contributed by atoms with Gasteiger partial charge in [0.2, 0.25) is 0 Å². The highest BCUT2D eigenvalue weighted by molar-refractivity contribution is 5.98. The molecule has 0 spiro atoms. The molecule has 156 valence electrons. The van der Waals surface area contributed by atoms with Gasteiger partial charge in [-0.3, -0.25) is 9.59 Å². The molecule has 1 N–H and O–H groups in total. The molecule has 7 nitrogen and oxygen atoms in total. The SMILES string of the molecule is COc1ccc(C2(C(=O)N3CCCN3C(=O)Nc3cccc(C(C)=O)c3)CC2)cc1. The Kier molecular flexibility index (Phi) is 5.20. The van der Waals surface area contributed by atoms with Gasteiger partial charge in [0.25, 0.3) is 5.91 Å². The monoisotopic (exact) mass is 407 g/mol. The zero-order valence-electron chi connectivity index (χ0n) is 17.2. The van der Waals surface area contributed by atoms with Crippen molar-refractivity contribution in [2.45, 2.75) is 31.6 Å². The largest absolute Gasteiger partial charge is 0.497 e. The molecule has 2 aromatic rings. The highest BCUT2D eigenvalue weighted by Crippen LogP contribution is 2.50. The molecule has 0 radical (unpaired) electrons. The number of hydrogen-bond donors (Lipinski definition) is 1. The maximum atomic E-state index is 13.4. The highest BCUT2D eigenvalue weighted by atomic mass is 16.5. The van der Waals surface area contributed by atoms with Gasteiger partial charge in [-0.15, -0.1) is 0 Å². The van der Waals surface area contributed by atoms with E-state index < -0.39 is 5.41 Å². The van der Waals surface area contributed by atoms with Gasteiger partial charge in [0.1, 0.15) is 5.75 Å². The number of benzene rings is 2. The quantitative estimate of drug-likeness (QED) is 0.768. The van der Waals surface area contributed by atoms with E-state index in [0.717, 1.165) is 30.6 Å². The van der Waals surface area contributed by atoms with Crippen molar-refractivity contribution >= 4 is 23.4 Å². The molecule has 2 aromatic carbocycles. The Morgan fingerprint density at radius 3 is 2.33 bits per heavy atom. The van der Waals surface area contributed by atoms with Gasteiger partial charge < -0.3 is 10.1 Å². The maximum absolute atomic E-state index is 13.4. The molecule has 1 heterocycles. The number of amides is 3. The molecule has 3 amide bonds. The summed E-state index contributed by atoms with van der Waals surface area (Å²) in [4.78, 5) is 37.9. The van der Waals surface area contributed by atoms with Crippen LogP contribution in [0.3, 0.4) is 0 Å². The van der Waals surface area contributed by atoms with Crippen LogP contribution in [0.5, 0.6) is 5.75 Å². The third-order valence-corrected chi connectivity index (χ3v) is 5.82. The molecule has 1 aliphatic carbocycles. The summed E-state index contributed by atoms with van der Waals surface area (Å²) < 4.78 is 5.21. The van der Waals surface area contributed by atoms with E-state index in [1.165, 1.54) is 11.9 Å². The van der Waals surface area contributed by atoms with Crippen molar-refractivity contribution in [3.05, 3.63) is 59.7 Å². The van der Waals surface area contributed by atoms with Crippen LogP contribution in [-0.2, 0) is 10.2 Å². The topological polar surface area (TPSA) is 79.0 Å². The van der Waals surface area contributed by atoms with Crippen molar-refractivity contribution in [2.75, 3.05) is 25.5 Å². The second-order valence-electron chi connectivity index (χ2n) is 7.78. The number of methoxy groups -OCH3 is 1. The molecule has 7 heteroatoms. The smallest absolute Gasteiger partial charge is 0.340 e. The summed E-state index contributed by atoms with van der Waals surface area (Å²) in [5.74, 6) is 0.633. The number of carbonyl (C=O) groups excluding carboxylic acids is 3. The Morgan fingerprint density at radius 2 is 1.70 bits per heavy atom. The van der Waals surface area contributed by atoms with Crippen LogP contribution >= 0.6 is 0 Å². The lowest BCUT2D eigenvalue weighted by Crippen LogP contribution is -2.50.